The molecule has 0 atom stereocenters. The van der Waals surface area contributed by atoms with Crippen LogP contribution in [0.3, 0.4) is 0 Å². The zero-order chi connectivity index (χ0) is 18.4. The maximum Gasteiger partial charge on any atom is 0.234 e. The zero-order valence-corrected chi connectivity index (χ0v) is 15.8. The number of halogens is 1. The van der Waals surface area contributed by atoms with Gasteiger partial charge in [0.15, 0.2) is 11.0 Å². The molecule has 0 saturated heterocycles. The van der Waals surface area contributed by atoms with Gasteiger partial charge in [0.25, 0.3) is 0 Å². The molecule has 2 aromatic heterocycles. The van der Waals surface area contributed by atoms with Crippen molar-refractivity contribution in [3.8, 4) is 11.4 Å². The van der Waals surface area contributed by atoms with Crippen LogP contribution in [0.15, 0.2) is 53.9 Å². The summed E-state index contributed by atoms with van der Waals surface area (Å²) in [6.07, 6.45) is 4.41. The number of rotatable bonds is 7. The Labute approximate surface area is 161 Å². The molecule has 134 valence electrons. The number of thioether (sulfide) groups is 1. The second-order valence-electron chi connectivity index (χ2n) is 5.52. The molecule has 6 nitrogen and oxygen atoms in total. The molecule has 8 heteroatoms. The van der Waals surface area contributed by atoms with Crippen LogP contribution in [0.25, 0.3) is 11.4 Å². The van der Waals surface area contributed by atoms with Gasteiger partial charge in [-0.15, -0.1) is 10.2 Å². The fourth-order valence-electron chi connectivity index (χ4n) is 2.41. The fourth-order valence-corrected chi connectivity index (χ4v) is 3.36. The fraction of sp³-hybridized carbons (Fsp3) is 0.222. The Kier molecular flexibility index (Phi) is 6.25. The Morgan fingerprint density at radius 3 is 2.81 bits per heavy atom. The number of pyridine rings is 1. The number of carbonyl (C=O) groups excluding carboxylic acids is 1. The van der Waals surface area contributed by atoms with Gasteiger partial charge in [-0.05, 0) is 30.7 Å². The number of anilines is 1. The van der Waals surface area contributed by atoms with E-state index in [9.17, 15) is 4.79 Å². The standard InChI is InChI=1S/C18H18ClN5OS/c1-2-10-24-17(13-6-5-9-20-11-13)22-23-18(24)26-12-16(25)21-15-8-4-3-7-14(15)19/h3-9,11H,2,10,12H2,1H3,(H,21,25). The summed E-state index contributed by atoms with van der Waals surface area (Å²) in [5.41, 5.74) is 1.51. The summed E-state index contributed by atoms with van der Waals surface area (Å²) in [5.74, 6) is 0.839. The SMILES string of the molecule is CCCn1c(SCC(=O)Nc2ccccc2Cl)nnc1-c1cccnc1. The van der Waals surface area contributed by atoms with E-state index in [2.05, 4.69) is 27.4 Å². The predicted octanol–water partition coefficient (Wildman–Crippen LogP) is 4.13. The molecule has 1 N–H and O–H groups in total. The molecule has 0 radical (unpaired) electrons. The van der Waals surface area contributed by atoms with Crippen molar-refractivity contribution in [2.45, 2.75) is 25.0 Å². The van der Waals surface area contributed by atoms with E-state index < -0.39 is 0 Å². The number of hydrogen-bond donors (Lipinski definition) is 1. The smallest absolute Gasteiger partial charge is 0.234 e. The van der Waals surface area contributed by atoms with Gasteiger partial charge < -0.3 is 9.88 Å². The van der Waals surface area contributed by atoms with Crippen molar-refractivity contribution in [3.63, 3.8) is 0 Å². The van der Waals surface area contributed by atoms with Crippen molar-refractivity contribution in [2.75, 3.05) is 11.1 Å². The first-order valence-electron chi connectivity index (χ1n) is 8.19. The lowest BCUT2D eigenvalue weighted by atomic mass is 10.2. The number of nitrogens with zero attached hydrogens (tertiary/aromatic N) is 4. The second-order valence-corrected chi connectivity index (χ2v) is 6.87. The Morgan fingerprint density at radius 1 is 1.23 bits per heavy atom. The highest BCUT2D eigenvalue weighted by Crippen LogP contribution is 2.25. The molecule has 0 spiro atoms. The molecule has 3 rings (SSSR count). The van der Waals surface area contributed by atoms with Gasteiger partial charge in [0.1, 0.15) is 0 Å². The van der Waals surface area contributed by atoms with Crippen LogP contribution in [0, 0.1) is 0 Å². The van der Waals surface area contributed by atoms with Crippen molar-refractivity contribution in [2.24, 2.45) is 0 Å². The Bertz CT molecular complexity index is 884. The molecule has 2 heterocycles. The zero-order valence-electron chi connectivity index (χ0n) is 14.2. The lowest BCUT2D eigenvalue weighted by Crippen LogP contribution is -2.15. The van der Waals surface area contributed by atoms with Crippen LogP contribution in [0.5, 0.6) is 0 Å². The Hall–Kier alpha value is -2.38. The highest BCUT2D eigenvalue weighted by atomic mass is 35.5. The van der Waals surface area contributed by atoms with Crippen LogP contribution >= 0.6 is 23.4 Å². The number of carbonyl (C=O) groups is 1. The van der Waals surface area contributed by atoms with Crippen LogP contribution in [0.4, 0.5) is 5.69 Å². The third kappa shape index (κ3) is 4.42. The number of para-hydroxylation sites is 1. The van der Waals surface area contributed by atoms with Crippen molar-refractivity contribution >= 4 is 35.0 Å². The molecule has 0 unspecified atom stereocenters. The van der Waals surface area contributed by atoms with Crippen LogP contribution in [0.2, 0.25) is 5.02 Å². The average Bonchev–Trinajstić information content (AvgIpc) is 3.06. The van der Waals surface area contributed by atoms with Gasteiger partial charge in [0, 0.05) is 24.5 Å². The minimum Gasteiger partial charge on any atom is -0.324 e. The molecule has 1 aromatic carbocycles. The minimum atomic E-state index is -0.142. The Balaban J connectivity index is 1.71. The van der Waals surface area contributed by atoms with Gasteiger partial charge in [-0.1, -0.05) is 42.4 Å². The van der Waals surface area contributed by atoms with E-state index in [1.807, 2.05) is 28.8 Å². The van der Waals surface area contributed by atoms with Gasteiger partial charge in [-0.3, -0.25) is 9.78 Å². The molecule has 0 saturated carbocycles. The van der Waals surface area contributed by atoms with Gasteiger partial charge in [-0.2, -0.15) is 0 Å². The number of aromatic nitrogens is 4. The summed E-state index contributed by atoms with van der Waals surface area (Å²) >= 11 is 7.42. The molecule has 0 bridgehead atoms. The van der Waals surface area contributed by atoms with Gasteiger partial charge in [0.2, 0.25) is 5.91 Å². The minimum absolute atomic E-state index is 0.142. The monoisotopic (exact) mass is 387 g/mol. The third-order valence-corrected chi connectivity index (χ3v) is 4.86. The summed E-state index contributed by atoms with van der Waals surface area (Å²) in [6, 6.07) is 11.0. The third-order valence-electron chi connectivity index (χ3n) is 3.56. The van der Waals surface area contributed by atoms with Crippen molar-refractivity contribution < 1.29 is 4.79 Å². The molecule has 26 heavy (non-hydrogen) atoms. The van der Waals surface area contributed by atoms with E-state index in [4.69, 9.17) is 11.6 Å². The summed E-state index contributed by atoms with van der Waals surface area (Å²) in [6.45, 7) is 2.86. The van der Waals surface area contributed by atoms with Crippen LogP contribution in [-0.2, 0) is 11.3 Å². The van der Waals surface area contributed by atoms with Crippen molar-refractivity contribution in [1.82, 2.24) is 19.7 Å². The summed E-state index contributed by atoms with van der Waals surface area (Å²) in [7, 11) is 0. The van der Waals surface area contributed by atoms with Crippen LogP contribution in [-0.4, -0.2) is 31.4 Å². The number of benzene rings is 1. The largest absolute Gasteiger partial charge is 0.324 e. The predicted molar refractivity (Wildman–Crippen MR) is 104 cm³/mol. The van der Waals surface area contributed by atoms with E-state index in [1.54, 1.807) is 24.5 Å². The summed E-state index contributed by atoms with van der Waals surface area (Å²) in [5, 5.41) is 12.6. The molecular weight excluding hydrogens is 370 g/mol. The number of nitrogens with one attached hydrogen (secondary N) is 1. The first kappa shape index (κ1) is 18.4. The van der Waals surface area contributed by atoms with E-state index >= 15 is 0 Å². The topological polar surface area (TPSA) is 72.7 Å². The lowest BCUT2D eigenvalue weighted by molar-refractivity contribution is -0.113. The van der Waals surface area contributed by atoms with Crippen molar-refractivity contribution in [1.29, 1.82) is 0 Å². The highest BCUT2D eigenvalue weighted by molar-refractivity contribution is 7.99. The number of hydrogen-bond acceptors (Lipinski definition) is 5. The number of amides is 1. The molecule has 0 aliphatic rings. The first-order chi connectivity index (χ1) is 12.7. The Morgan fingerprint density at radius 2 is 2.08 bits per heavy atom. The van der Waals surface area contributed by atoms with Crippen LogP contribution < -0.4 is 5.32 Å². The molecule has 0 aliphatic heterocycles. The maximum absolute atomic E-state index is 12.2. The summed E-state index contributed by atoms with van der Waals surface area (Å²) in [4.78, 5) is 16.4. The maximum atomic E-state index is 12.2. The second kappa shape index (κ2) is 8.82. The molecule has 1 amide bonds. The molecular formula is C18H18ClN5OS. The quantitative estimate of drug-likeness (QED) is 0.617. The lowest BCUT2D eigenvalue weighted by Gasteiger charge is -2.09. The first-order valence-corrected chi connectivity index (χ1v) is 9.56. The normalized spacial score (nSPS) is 10.7. The summed E-state index contributed by atoms with van der Waals surface area (Å²) < 4.78 is 2.02. The van der Waals surface area contributed by atoms with Gasteiger partial charge in [-0.25, -0.2) is 0 Å². The molecule has 0 aliphatic carbocycles. The van der Waals surface area contributed by atoms with Crippen LogP contribution in [0.1, 0.15) is 13.3 Å². The van der Waals surface area contributed by atoms with E-state index in [0.29, 0.717) is 15.9 Å². The van der Waals surface area contributed by atoms with Gasteiger partial charge in [0.05, 0.1) is 16.5 Å². The molecule has 3 aromatic rings. The van der Waals surface area contributed by atoms with E-state index in [1.165, 1.54) is 11.8 Å². The van der Waals surface area contributed by atoms with Gasteiger partial charge >= 0.3 is 0 Å². The average molecular weight is 388 g/mol. The van der Waals surface area contributed by atoms with E-state index in [-0.39, 0.29) is 11.7 Å². The van der Waals surface area contributed by atoms with E-state index in [0.717, 1.165) is 24.4 Å². The highest BCUT2D eigenvalue weighted by Gasteiger charge is 2.15. The molecule has 0 fully saturated rings. The van der Waals surface area contributed by atoms with Crippen molar-refractivity contribution in [3.05, 3.63) is 53.8 Å².